The summed E-state index contributed by atoms with van der Waals surface area (Å²) in [6, 6.07) is 2.74. The van der Waals surface area contributed by atoms with E-state index in [1.54, 1.807) is 4.90 Å². The van der Waals surface area contributed by atoms with Gasteiger partial charge in [-0.05, 0) is 40.3 Å². The fourth-order valence-corrected chi connectivity index (χ4v) is 5.70. The summed E-state index contributed by atoms with van der Waals surface area (Å²) in [6.45, 7) is 1.39. The zero-order chi connectivity index (χ0) is 24.0. The number of carbonyl (C=O) groups is 3. The summed E-state index contributed by atoms with van der Waals surface area (Å²) >= 11 is 3.26. The first kappa shape index (κ1) is 22.7. The van der Waals surface area contributed by atoms with Gasteiger partial charge in [0, 0.05) is 24.7 Å². The van der Waals surface area contributed by atoms with Crippen molar-refractivity contribution in [2.75, 3.05) is 32.9 Å². The van der Waals surface area contributed by atoms with E-state index in [1.807, 2.05) is 12.2 Å². The van der Waals surface area contributed by atoms with Crippen LogP contribution in [0, 0.1) is 33.8 Å². The number of hydrogen-bond acceptors (Lipinski definition) is 8. The van der Waals surface area contributed by atoms with Crippen molar-refractivity contribution in [1.29, 1.82) is 0 Å². The molecule has 11 nitrogen and oxygen atoms in total. The number of amides is 3. The van der Waals surface area contributed by atoms with Gasteiger partial charge < -0.3 is 14.4 Å². The number of allylic oxidation sites excluding steroid dienone is 2. The number of halogens is 1. The highest BCUT2D eigenvalue weighted by atomic mass is 79.9. The van der Waals surface area contributed by atoms with Crippen molar-refractivity contribution in [2.45, 2.75) is 6.42 Å². The van der Waals surface area contributed by atoms with Crippen molar-refractivity contribution < 1.29 is 28.8 Å². The molecule has 2 heterocycles. The van der Waals surface area contributed by atoms with Gasteiger partial charge in [0.1, 0.15) is 0 Å². The van der Waals surface area contributed by atoms with Gasteiger partial charge in [0.25, 0.3) is 17.7 Å². The van der Waals surface area contributed by atoms with Gasteiger partial charge in [-0.1, -0.05) is 12.2 Å². The molecule has 2 bridgehead atoms. The van der Waals surface area contributed by atoms with E-state index in [-0.39, 0.29) is 63.9 Å². The molecular weight excluding hydrogens is 512 g/mol. The van der Waals surface area contributed by atoms with Crippen LogP contribution < -0.4 is 4.74 Å². The number of morpholine rings is 1. The van der Waals surface area contributed by atoms with Crippen molar-refractivity contribution in [2.24, 2.45) is 28.8 Å². The van der Waals surface area contributed by atoms with Crippen LogP contribution in [-0.4, -0.2) is 71.7 Å². The van der Waals surface area contributed by atoms with E-state index in [2.05, 4.69) is 21.0 Å². The molecule has 1 saturated carbocycles. The molecule has 0 unspecified atom stereocenters. The maximum Gasteiger partial charge on any atom is 0.312 e. The summed E-state index contributed by atoms with van der Waals surface area (Å²) < 4.78 is 11.0. The number of hydrazone groups is 1. The molecule has 4 atom stereocenters. The Kier molecular flexibility index (Phi) is 5.94. The first-order valence-corrected chi connectivity index (χ1v) is 11.7. The average molecular weight is 533 g/mol. The lowest BCUT2D eigenvalue weighted by Crippen LogP contribution is -2.43. The average Bonchev–Trinajstić information content (AvgIpc) is 3.51. The number of hydrogen-bond donors (Lipinski definition) is 0. The van der Waals surface area contributed by atoms with Gasteiger partial charge in [0.15, 0.2) is 6.61 Å². The van der Waals surface area contributed by atoms with Crippen molar-refractivity contribution >= 4 is 45.6 Å². The molecule has 34 heavy (non-hydrogen) atoms. The van der Waals surface area contributed by atoms with E-state index >= 15 is 0 Å². The first-order valence-electron chi connectivity index (χ1n) is 10.9. The highest BCUT2D eigenvalue weighted by Gasteiger charge is 2.59. The molecule has 2 aliphatic heterocycles. The predicted molar refractivity (Wildman–Crippen MR) is 121 cm³/mol. The van der Waals surface area contributed by atoms with E-state index in [9.17, 15) is 24.5 Å². The fraction of sp³-hybridized carbons (Fsp3) is 0.455. The molecule has 4 aliphatic rings. The first-order chi connectivity index (χ1) is 16.3. The summed E-state index contributed by atoms with van der Waals surface area (Å²) in [5.74, 6) is -1.67. The SMILES string of the molecule is O=C(COc1c(Br)cc(C=NN2C(=O)[C@@H]3[C@H](C2=O)[C@H]2C=C[C@H]3C2)cc1[N+](=O)[O-])N1CCOCC1. The van der Waals surface area contributed by atoms with Crippen molar-refractivity contribution in [3.63, 3.8) is 0 Å². The van der Waals surface area contributed by atoms with Crippen LogP contribution in [0.3, 0.4) is 0 Å². The normalized spacial score (nSPS) is 27.7. The smallest absolute Gasteiger partial charge is 0.312 e. The van der Waals surface area contributed by atoms with Crippen molar-refractivity contribution in [3.05, 3.63) is 44.4 Å². The lowest BCUT2D eigenvalue weighted by atomic mass is 9.85. The topological polar surface area (TPSA) is 132 Å². The van der Waals surface area contributed by atoms with Crippen LogP contribution in [0.1, 0.15) is 12.0 Å². The van der Waals surface area contributed by atoms with Crippen molar-refractivity contribution in [3.8, 4) is 5.75 Å². The number of imide groups is 1. The Morgan fingerprint density at radius 3 is 2.47 bits per heavy atom. The number of nitro benzene ring substituents is 1. The van der Waals surface area contributed by atoms with E-state index < -0.39 is 4.92 Å². The van der Waals surface area contributed by atoms with Crippen LogP contribution in [0.25, 0.3) is 0 Å². The number of carbonyl (C=O) groups excluding carboxylic acids is 3. The summed E-state index contributed by atoms with van der Waals surface area (Å²) in [7, 11) is 0. The standard InChI is InChI=1S/C22H21BrN4O7/c23-15-7-12(10-24-26-21(29)18-13-1-2-14(9-13)19(18)22(26)30)8-16(27(31)32)20(15)34-11-17(28)25-3-5-33-6-4-25/h1-2,7-8,10,13-14,18-19H,3-6,9,11H2/t13-,14-,18-,19+/m0/s1. The third-order valence-electron chi connectivity index (χ3n) is 6.72. The number of fused-ring (bicyclic) bond motifs is 5. The second-order valence-corrected chi connectivity index (χ2v) is 9.48. The maximum absolute atomic E-state index is 12.8. The highest BCUT2D eigenvalue weighted by molar-refractivity contribution is 9.10. The van der Waals surface area contributed by atoms with Crippen LogP contribution in [0.4, 0.5) is 5.69 Å². The fourth-order valence-electron chi connectivity index (χ4n) is 5.12. The largest absolute Gasteiger partial charge is 0.476 e. The summed E-state index contributed by atoms with van der Waals surface area (Å²) in [6.07, 6.45) is 6.05. The Balaban J connectivity index is 1.32. The predicted octanol–water partition coefficient (Wildman–Crippen LogP) is 1.74. The van der Waals surface area contributed by atoms with Gasteiger partial charge >= 0.3 is 5.69 Å². The molecule has 5 rings (SSSR count). The van der Waals surface area contributed by atoms with Gasteiger partial charge in [-0.2, -0.15) is 10.1 Å². The molecule has 0 N–H and O–H groups in total. The number of nitrogens with zero attached hydrogens (tertiary/aromatic N) is 4. The van der Waals surface area contributed by atoms with Crippen LogP contribution in [-0.2, 0) is 19.1 Å². The van der Waals surface area contributed by atoms with Crippen LogP contribution in [0.2, 0.25) is 0 Å². The molecule has 12 heteroatoms. The quantitative estimate of drug-likeness (QED) is 0.179. The Hall–Kier alpha value is -3.12. The van der Waals surface area contributed by atoms with Crippen LogP contribution >= 0.6 is 15.9 Å². The summed E-state index contributed by atoms with van der Waals surface area (Å²) in [4.78, 5) is 50.5. The minimum Gasteiger partial charge on any atom is -0.476 e. The molecule has 3 amide bonds. The third-order valence-corrected chi connectivity index (χ3v) is 7.31. The molecule has 178 valence electrons. The van der Waals surface area contributed by atoms with E-state index in [1.165, 1.54) is 18.3 Å². The number of nitro groups is 1. The second-order valence-electron chi connectivity index (χ2n) is 8.62. The number of ether oxygens (including phenoxy) is 2. The Morgan fingerprint density at radius 1 is 1.21 bits per heavy atom. The highest BCUT2D eigenvalue weighted by Crippen LogP contribution is 2.52. The van der Waals surface area contributed by atoms with Crippen LogP contribution in [0.15, 0.2) is 33.9 Å². The molecule has 1 aromatic carbocycles. The minimum absolute atomic E-state index is 0.0680. The zero-order valence-electron chi connectivity index (χ0n) is 18.0. The maximum atomic E-state index is 12.8. The monoisotopic (exact) mass is 532 g/mol. The van der Waals surface area contributed by atoms with Gasteiger partial charge in [-0.15, -0.1) is 0 Å². The Bertz CT molecular complexity index is 1100. The lowest BCUT2D eigenvalue weighted by molar-refractivity contribution is -0.385. The number of benzene rings is 1. The lowest BCUT2D eigenvalue weighted by Gasteiger charge is -2.26. The Labute approximate surface area is 202 Å². The molecule has 0 spiro atoms. The van der Waals surface area contributed by atoms with E-state index in [0.29, 0.717) is 31.9 Å². The Morgan fingerprint density at radius 2 is 1.85 bits per heavy atom. The third kappa shape index (κ3) is 3.90. The summed E-state index contributed by atoms with van der Waals surface area (Å²) in [5.41, 5.74) is -0.0759. The van der Waals surface area contributed by atoms with Crippen molar-refractivity contribution in [1.82, 2.24) is 9.91 Å². The van der Waals surface area contributed by atoms with Gasteiger partial charge in [-0.25, -0.2) is 0 Å². The molecule has 1 aromatic rings. The van der Waals surface area contributed by atoms with Gasteiger partial charge in [0.2, 0.25) is 5.75 Å². The molecule has 3 fully saturated rings. The zero-order valence-corrected chi connectivity index (χ0v) is 19.5. The van der Waals surface area contributed by atoms with Gasteiger partial charge in [-0.3, -0.25) is 24.5 Å². The van der Waals surface area contributed by atoms with E-state index in [0.717, 1.165) is 11.4 Å². The van der Waals surface area contributed by atoms with Gasteiger partial charge in [0.05, 0.1) is 40.7 Å². The summed E-state index contributed by atoms with van der Waals surface area (Å²) in [5, 5.41) is 16.6. The van der Waals surface area contributed by atoms with E-state index in [4.69, 9.17) is 9.47 Å². The molecule has 2 aliphatic carbocycles. The molecular formula is C22H21BrN4O7. The second kappa shape index (κ2) is 8.91. The number of rotatable bonds is 6. The van der Waals surface area contributed by atoms with Crippen LogP contribution in [0.5, 0.6) is 5.75 Å². The minimum atomic E-state index is -0.628. The molecule has 0 radical (unpaired) electrons. The molecule has 0 aromatic heterocycles. The molecule has 2 saturated heterocycles.